The zero-order chi connectivity index (χ0) is 15.4. The molecule has 0 saturated carbocycles. The van der Waals surface area contributed by atoms with E-state index in [9.17, 15) is 0 Å². The van der Waals surface area contributed by atoms with Crippen molar-refractivity contribution in [3.05, 3.63) is 65.5 Å². The number of benzene rings is 2. The molecule has 0 saturated heterocycles. The van der Waals surface area contributed by atoms with Crippen LogP contribution in [-0.4, -0.2) is 17.3 Å². The van der Waals surface area contributed by atoms with Crippen LogP contribution in [0.4, 0.5) is 0 Å². The van der Waals surface area contributed by atoms with Crippen LogP contribution in [0.2, 0.25) is 0 Å². The van der Waals surface area contributed by atoms with Gasteiger partial charge in [0, 0.05) is 11.6 Å². The molecule has 22 heavy (non-hydrogen) atoms. The molecule has 1 aromatic heterocycles. The summed E-state index contributed by atoms with van der Waals surface area (Å²) in [4.78, 5) is 0. The smallest absolute Gasteiger partial charge is 0.248 e. The van der Waals surface area contributed by atoms with E-state index in [1.807, 2.05) is 61.5 Å². The Morgan fingerprint density at radius 3 is 2.45 bits per heavy atom. The van der Waals surface area contributed by atoms with Gasteiger partial charge >= 0.3 is 0 Å². The monoisotopic (exact) mass is 292 g/mol. The van der Waals surface area contributed by atoms with Gasteiger partial charge in [-0.1, -0.05) is 30.3 Å². The van der Waals surface area contributed by atoms with E-state index in [2.05, 4.69) is 10.2 Å². The maximum Gasteiger partial charge on any atom is 0.248 e. The van der Waals surface area contributed by atoms with Gasteiger partial charge in [-0.25, -0.2) is 0 Å². The van der Waals surface area contributed by atoms with Crippen molar-refractivity contribution in [2.75, 3.05) is 7.11 Å². The Balaban J connectivity index is 1.79. The highest BCUT2D eigenvalue weighted by molar-refractivity contribution is 5.67. The van der Waals surface area contributed by atoms with Crippen LogP contribution in [0.3, 0.4) is 0 Å². The van der Waals surface area contributed by atoms with Crippen LogP contribution in [0.15, 0.2) is 52.9 Å². The van der Waals surface area contributed by atoms with Gasteiger partial charge in [-0.2, -0.15) is 0 Å². The lowest BCUT2D eigenvalue weighted by atomic mass is 10.1. The molecule has 0 aliphatic heterocycles. The molecule has 0 radical (unpaired) electrons. The number of hydrogen-bond donors (Lipinski definition) is 0. The molecule has 3 aromatic rings. The van der Waals surface area contributed by atoms with Crippen molar-refractivity contribution in [1.82, 2.24) is 10.2 Å². The van der Waals surface area contributed by atoms with Gasteiger partial charge < -0.3 is 9.15 Å². The van der Waals surface area contributed by atoms with Crippen LogP contribution in [0, 0.1) is 6.92 Å². The molecule has 0 amide bonds. The molecule has 0 spiro atoms. The molecule has 2 aromatic carbocycles. The van der Waals surface area contributed by atoms with E-state index in [1.165, 1.54) is 0 Å². The molecular weight excluding hydrogens is 276 g/mol. The van der Waals surface area contributed by atoms with Crippen LogP contribution in [0.1, 0.15) is 17.0 Å². The maximum absolute atomic E-state index is 5.68. The minimum atomic E-state index is 0.481. The fourth-order valence-electron chi connectivity index (χ4n) is 2.11. The number of methoxy groups -OCH3 is 1. The highest BCUT2D eigenvalue weighted by Gasteiger charge is 2.08. The van der Waals surface area contributed by atoms with E-state index in [4.69, 9.17) is 9.15 Å². The average Bonchev–Trinajstić information content (AvgIpc) is 3.02. The van der Waals surface area contributed by atoms with Gasteiger partial charge in [0.15, 0.2) is 0 Å². The summed E-state index contributed by atoms with van der Waals surface area (Å²) in [5.74, 6) is 1.85. The number of aryl methyl sites for hydroxylation is 1. The summed E-state index contributed by atoms with van der Waals surface area (Å²) in [5.41, 5.74) is 3.10. The predicted molar refractivity (Wildman–Crippen MR) is 86.4 cm³/mol. The first kappa shape index (κ1) is 14.1. The van der Waals surface area contributed by atoms with Gasteiger partial charge in [-0.3, -0.25) is 0 Å². The zero-order valence-electron chi connectivity index (χ0n) is 12.5. The third-order valence-corrected chi connectivity index (χ3v) is 3.35. The van der Waals surface area contributed by atoms with E-state index in [-0.39, 0.29) is 0 Å². The van der Waals surface area contributed by atoms with Crippen LogP contribution < -0.4 is 4.74 Å². The van der Waals surface area contributed by atoms with Gasteiger partial charge in [0.05, 0.1) is 7.11 Å². The van der Waals surface area contributed by atoms with Gasteiger partial charge in [-0.05, 0) is 42.3 Å². The summed E-state index contributed by atoms with van der Waals surface area (Å²) in [6.07, 6.45) is 3.73. The van der Waals surface area contributed by atoms with Crippen LogP contribution in [0.5, 0.6) is 5.75 Å². The zero-order valence-corrected chi connectivity index (χ0v) is 12.5. The number of nitrogens with zero attached hydrogens (tertiary/aromatic N) is 2. The summed E-state index contributed by atoms with van der Waals surface area (Å²) < 4.78 is 10.8. The molecule has 0 N–H and O–H groups in total. The minimum absolute atomic E-state index is 0.481. The van der Waals surface area contributed by atoms with Gasteiger partial charge in [0.1, 0.15) is 5.75 Å². The van der Waals surface area contributed by atoms with Crippen LogP contribution in [-0.2, 0) is 0 Å². The fourth-order valence-corrected chi connectivity index (χ4v) is 2.11. The van der Waals surface area contributed by atoms with Crippen molar-refractivity contribution >= 4 is 12.2 Å². The number of hydrogen-bond acceptors (Lipinski definition) is 4. The second-order valence-electron chi connectivity index (χ2n) is 4.87. The lowest BCUT2D eigenvalue weighted by Crippen LogP contribution is -1.81. The molecule has 0 aliphatic rings. The maximum atomic E-state index is 5.68. The Labute approximate surface area is 129 Å². The van der Waals surface area contributed by atoms with E-state index in [0.717, 1.165) is 22.4 Å². The van der Waals surface area contributed by atoms with Crippen molar-refractivity contribution in [2.45, 2.75) is 6.92 Å². The summed E-state index contributed by atoms with van der Waals surface area (Å²) >= 11 is 0. The van der Waals surface area contributed by atoms with E-state index >= 15 is 0 Å². The standard InChI is InChI=1S/C18H16N2O2/c1-13-5-3-4-6-16(13)18-20-19-17(22-18)12-9-14-7-10-15(21-2)11-8-14/h3-12H,1-2H3/b12-9+. The topological polar surface area (TPSA) is 48.2 Å². The second kappa shape index (κ2) is 6.26. The largest absolute Gasteiger partial charge is 0.497 e. The highest BCUT2D eigenvalue weighted by Crippen LogP contribution is 2.22. The average molecular weight is 292 g/mol. The van der Waals surface area contributed by atoms with Crippen molar-refractivity contribution in [3.63, 3.8) is 0 Å². The normalized spacial score (nSPS) is 11.0. The summed E-state index contributed by atoms with van der Waals surface area (Å²) in [7, 11) is 1.65. The van der Waals surface area contributed by atoms with Crippen molar-refractivity contribution in [2.24, 2.45) is 0 Å². The molecule has 110 valence electrons. The van der Waals surface area contributed by atoms with E-state index in [0.29, 0.717) is 11.8 Å². The third kappa shape index (κ3) is 3.06. The van der Waals surface area contributed by atoms with Crippen LogP contribution >= 0.6 is 0 Å². The predicted octanol–water partition coefficient (Wildman–Crippen LogP) is 4.22. The number of aromatic nitrogens is 2. The molecule has 1 heterocycles. The minimum Gasteiger partial charge on any atom is -0.497 e. The second-order valence-corrected chi connectivity index (χ2v) is 4.87. The molecule has 0 aliphatic carbocycles. The van der Waals surface area contributed by atoms with Gasteiger partial charge in [0.25, 0.3) is 0 Å². The third-order valence-electron chi connectivity index (χ3n) is 3.35. The summed E-state index contributed by atoms with van der Waals surface area (Å²) in [6, 6.07) is 15.7. The first-order valence-corrected chi connectivity index (χ1v) is 6.98. The molecule has 4 nitrogen and oxygen atoms in total. The van der Waals surface area contributed by atoms with Gasteiger partial charge in [0.2, 0.25) is 11.8 Å². The van der Waals surface area contributed by atoms with Crippen molar-refractivity contribution < 1.29 is 9.15 Å². The molecular formula is C18H16N2O2. The Morgan fingerprint density at radius 2 is 1.73 bits per heavy atom. The van der Waals surface area contributed by atoms with Crippen molar-refractivity contribution in [1.29, 1.82) is 0 Å². The first-order valence-electron chi connectivity index (χ1n) is 6.98. The molecule has 0 atom stereocenters. The molecule has 3 rings (SSSR count). The fraction of sp³-hybridized carbons (Fsp3) is 0.111. The Hall–Kier alpha value is -2.88. The Kier molecular flexibility index (Phi) is 4.01. The molecule has 0 bridgehead atoms. The Bertz CT molecular complexity index is 789. The van der Waals surface area contributed by atoms with Crippen molar-refractivity contribution in [3.8, 4) is 17.2 Å². The van der Waals surface area contributed by atoms with Gasteiger partial charge in [-0.15, -0.1) is 10.2 Å². The molecule has 0 fully saturated rings. The summed E-state index contributed by atoms with van der Waals surface area (Å²) in [5, 5.41) is 8.15. The lowest BCUT2D eigenvalue weighted by Gasteiger charge is -1.98. The quantitative estimate of drug-likeness (QED) is 0.722. The number of ether oxygens (including phenoxy) is 1. The Morgan fingerprint density at radius 1 is 0.955 bits per heavy atom. The highest BCUT2D eigenvalue weighted by atomic mass is 16.5. The SMILES string of the molecule is COc1ccc(/C=C/c2nnc(-c3ccccc3C)o2)cc1. The van der Waals surface area contributed by atoms with Crippen LogP contribution in [0.25, 0.3) is 23.6 Å². The summed E-state index contributed by atoms with van der Waals surface area (Å²) in [6.45, 7) is 2.02. The van der Waals surface area contributed by atoms with E-state index in [1.54, 1.807) is 13.2 Å². The molecule has 4 heteroatoms. The lowest BCUT2D eigenvalue weighted by molar-refractivity contribution is 0.415. The number of rotatable bonds is 4. The molecule has 0 unspecified atom stereocenters. The first-order chi connectivity index (χ1) is 10.8. The van der Waals surface area contributed by atoms with E-state index < -0.39 is 0 Å².